The molecule has 0 spiro atoms. The van der Waals surface area contributed by atoms with Gasteiger partial charge in [0.15, 0.2) is 11.5 Å². The molecule has 1 fully saturated rings. The van der Waals surface area contributed by atoms with E-state index in [9.17, 15) is 4.79 Å². The maximum absolute atomic E-state index is 12.5. The number of likely N-dealkylation sites (tertiary alicyclic amines) is 1. The van der Waals surface area contributed by atoms with Crippen LogP contribution in [0.5, 0.6) is 0 Å². The number of aryl methyl sites for hydroxylation is 1. The predicted octanol–water partition coefficient (Wildman–Crippen LogP) is 3.58. The Bertz CT molecular complexity index is 996. The molecule has 4 rings (SSSR count). The van der Waals surface area contributed by atoms with Gasteiger partial charge in [-0.25, -0.2) is 0 Å². The summed E-state index contributed by atoms with van der Waals surface area (Å²) in [5.41, 5.74) is 1.67. The summed E-state index contributed by atoms with van der Waals surface area (Å²) >= 11 is 6.21. The molecule has 152 valence electrons. The third kappa shape index (κ3) is 4.67. The summed E-state index contributed by atoms with van der Waals surface area (Å²) < 4.78 is 1.71. The van der Waals surface area contributed by atoms with Gasteiger partial charge in [-0.3, -0.25) is 4.79 Å². The summed E-state index contributed by atoms with van der Waals surface area (Å²) in [5.74, 6) is 2.29. The van der Waals surface area contributed by atoms with Crippen molar-refractivity contribution < 1.29 is 4.79 Å². The number of anilines is 1. The van der Waals surface area contributed by atoms with Crippen molar-refractivity contribution in [3.63, 3.8) is 0 Å². The maximum atomic E-state index is 12.5. The molecule has 1 aromatic carbocycles. The lowest BCUT2D eigenvalue weighted by molar-refractivity contribution is -0.132. The first-order valence-electron chi connectivity index (χ1n) is 10.1. The third-order valence-corrected chi connectivity index (χ3v) is 5.81. The van der Waals surface area contributed by atoms with Crippen molar-refractivity contribution in [3.8, 4) is 0 Å². The molecule has 7 nitrogen and oxygen atoms in total. The highest BCUT2D eigenvalue weighted by Gasteiger charge is 2.20. The molecule has 1 N–H and O–H groups in total. The normalized spacial score (nSPS) is 15.0. The average molecular weight is 413 g/mol. The lowest BCUT2D eigenvalue weighted by atomic mass is 9.99. The molecule has 1 amide bonds. The fourth-order valence-corrected chi connectivity index (χ4v) is 3.75. The van der Waals surface area contributed by atoms with Crippen LogP contribution in [0.4, 0.5) is 5.82 Å². The van der Waals surface area contributed by atoms with Crippen LogP contribution in [-0.4, -0.2) is 43.7 Å². The number of aromatic nitrogens is 4. The number of halogens is 1. The van der Waals surface area contributed by atoms with Gasteiger partial charge in [-0.05, 0) is 42.5 Å². The lowest BCUT2D eigenvalue weighted by Gasteiger charge is -2.30. The Labute approximate surface area is 175 Å². The van der Waals surface area contributed by atoms with E-state index in [0.717, 1.165) is 36.5 Å². The highest BCUT2D eigenvalue weighted by molar-refractivity contribution is 6.31. The number of fused-ring (bicyclic) bond motifs is 1. The van der Waals surface area contributed by atoms with Crippen LogP contribution in [0, 0.1) is 5.92 Å². The Hall–Kier alpha value is -2.67. The van der Waals surface area contributed by atoms with Crippen LogP contribution in [0.15, 0.2) is 36.4 Å². The molecule has 0 saturated carbocycles. The Morgan fingerprint density at radius 3 is 2.76 bits per heavy atom. The summed E-state index contributed by atoms with van der Waals surface area (Å²) in [6, 6.07) is 11.4. The highest BCUT2D eigenvalue weighted by Crippen LogP contribution is 2.18. The van der Waals surface area contributed by atoms with Gasteiger partial charge in [-0.1, -0.05) is 36.7 Å². The molecular formula is C21H25ClN6O. The van der Waals surface area contributed by atoms with Gasteiger partial charge in [-0.2, -0.15) is 4.52 Å². The lowest BCUT2D eigenvalue weighted by Crippen LogP contribution is -2.38. The van der Waals surface area contributed by atoms with E-state index in [-0.39, 0.29) is 5.91 Å². The van der Waals surface area contributed by atoms with Crippen molar-refractivity contribution in [3.05, 3.63) is 52.8 Å². The van der Waals surface area contributed by atoms with Crippen molar-refractivity contribution in [2.75, 3.05) is 18.4 Å². The average Bonchev–Trinajstić information content (AvgIpc) is 3.14. The molecule has 29 heavy (non-hydrogen) atoms. The number of piperidine rings is 1. The van der Waals surface area contributed by atoms with Crippen molar-refractivity contribution in [1.29, 1.82) is 0 Å². The minimum Gasteiger partial charge on any atom is -0.364 e. The number of hydrogen-bond donors (Lipinski definition) is 1. The van der Waals surface area contributed by atoms with Gasteiger partial charge in [0.1, 0.15) is 5.82 Å². The molecule has 1 aliphatic heterocycles. The third-order valence-electron chi connectivity index (χ3n) is 5.44. The number of nitrogens with zero attached hydrogens (tertiary/aromatic N) is 5. The van der Waals surface area contributed by atoms with Gasteiger partial charge in [0.05, 0.1) is 0 Å². The predicted molar refractivity (Wildman–Crippen MR) is 113 cm³/mol. The quantitative estimate of drug-likeness (QED) is 0.669. The fourth-order valence-electron chi connectivity index (χ4n) is 3.55. The first kappa shape index (κ1) is 19.6. The van der Waals surface area contributed by atoms with Gasteiger partial charge >= 0.3 is 0 Å². The first-order valence-corrected chi connectivity index (χ1v) is 10.4. The molecule has 0 unspecified atom stereocenters. The Kier molecular flexibility index (Phi) is 5.94. The number of benzene rings is 1. The van der Waals surface area contributed by atoms with Gasteiger partial charge < -0.3 is 10.2 Å². The smallest absolute Gasteiger partial charge is 0.223 e. The van der Waals surface area contributed by atoms with Crippen molar-refractivity contribution >= 4 is 29.0 Å². The molecule has 3 heterocycles. The summed E-state index contributed by atoms with van der Waals surface area (Å²) in [7, 11) is 0. The van der Waals surface area contributed by atoms with E-state index in [1.54, 1.807) is 4.52 Å². The molecule has 0 aliphatic carbocycles. The van der Waals surface area contributed by atoms with Crippen molar-refractivity contribution in [2.24, 2.45) is 5.92 Å². The highest BCUT2D eigenvalue weighted by atomic mass is 35.5. The van der Waals surface area contributed by atoms with Crippen LogP contribution in [0.3, 0.4) is 0 Å². The largest absolute Gasteiger partial charge is 0.364 e. The number of nitrogens with one attached hydrogen (secondary N) is 1. The summed E-state index contributed by atoms with van der Waals surface area (Å²) in [4.78, 5) is 14.5. The zero-order valence-electron chi connectivity index (χ0n) is 16.5. The Morgan fingerprint density at radius 2 is 1.97 bits per heavy atom. The summed E-state index contributed by atoms with van der Waals surface area (Å²) in [6.07, 6.45) is 3.12. The molecule has 3 aromatic rings. The number of hydrogen-bond acceptors (Lipinski definition) is 5. The van der Waals surface area contributed by atoms with E-state index < -0.39 is 0 Å². The van der Waals surface area contributed by atoms with Crippen LogP contribution in [0.2, 0.25) is 5.02 Å². The number of rotatable bonds is 6. The summed E-state index contributed by atoms with van der Waals surface area (Å²) in [6.45, 7) is 4.53. The van der Waals surface area contributed by atoms with E-state index in [2.05, 4.69) is 27.5 Å². The van der Waals surface area contributed by atoms with Crippen LogP contribution < -0.4 is 5.32 Å². The van der Waals surface area contributed by atoms with E-state index >= 15 is 0 Å². The van der Waals surface area contributed by atoms with Gasteiger partial charge in [-0.15, -0.1) is 15.3 Å². The van der Waals surface area contributed by atoms with Crippen molar-refractivity contribution in [1.82, 2.24) is 24.7 Å². The first-order chi connectivity index (χ1) is 14.1. The number of amides is 1. The monoisotopic (exact) mass is 412 g/mol. The number of carbonyl (C=O) groups is 1. The zero-order chi connectivity index (χ0) is 20.2. The molecule has 0 bridgehead atoms. The van der Waals surface area contributed by atoms with Gasteiger partial charge in [0.2, 0.25) is 5.91 Å². The SMILES string of the molecule is CC1CCN(C(=O)CCc2nnc3ccc(NCc4ccccc4Cl)nn23)CC1. The van der Waals surface area contributed by atoms with Crippen LogP contribution in [-0.2, 0) is 17.8 Å². The maximum Gasteiger partial charge on any atom is 0.223 e. The second-order valence-corrected chi connectivity index (χ2v) is 8.02. The van der Waals surface area contributed by atoms with E-state index in [4.69, 9.17) is 11.6 Å². The Morgan fingerprint density at radius 1 is 1.17 bits per heavy atom. The van der Waals surface area contributed by atoms with Gasteiger partial charge in [0, 0.05) is 37.5 Å². The molecule has 0 atom stereocenters. The van der Waals surface area contributed by atoms with E-state index in [0.29, 0.717) is 42.6 Å². The standard InChI is InChI=1S/C21H25ClN6O/c1-15-10-12-27(13-11-15)21(29)9-8-20-25-24-19-7-6-18(26-28(19)20)23-14-16-4-2-3-5-17(16)22/h2-7,15H,8-14H2,1H3,(H,23,26). The second-order valence-electron chi connectivity index (χ2n) is 7.61. The van der Waals surface area contributed by atoms with Crippen LogP contribution in [0.1, 0.15) is 37.6 Å². The van der Waals surface area contributed by atoms with Crippen molar-refractivity contribution in [2.45, 2.75) is 39.2 Å². The molecule has 2 aromatic heterocycles. The molecule has 1 saturated heterocycles. The van der Waals surface area contributed by atoms with Gasteiger partial charge in [0.25, 0.3) is 0 Å². The van der Waals surface area contributed by atoms with Crippen LogP contribution >= 0.6 is 11.6 Å². The van der Waals surface area contributed by atoms with E-state index in [1.165, 1.54) is 0 Å². The summed E-state index contributed by atoms with van der Waals surface area (Å²) in [5, 5.41) is 17.0. The Balaban J connectivity index is 1.40. The molecule has 8 heteroatoms. The van der Waals surface area contributed by atoms with Crippen LogP contribution in [0.25, 0.3) is 5.65 Å². The minimum atomic E-state index is 0.182. The topological polar surface area (TPSA) is 75.4 Å². The zero-order valence-corrected chi connectivity index (χ0v) is 17.3. The number of carbonyl (C=O) groups excluding carboxylic acids is 1. The molecular weight excluding hydrogens is 388 g/mol. The molecule has 1 aliphatic rings. The molecule has 0 radical (unpaired) electrons. The fraction of sp³-hybridized carbons (Fsp3) is 0.429. The minimum absolute atomic E-state index is 0.182. The van der Waals surface area contributed by atoms with E-state index in [1.807, 2.05) is 41.3 Å². The second kappa shape index (κ2) is 8.78.